The molecule has 0 atom stereocenters. The fourth-order valence-corrected chi connectivity index (χ4v) is 4.64. The molecule has 0 bridgehead atoms. The van der Waals surface area contributed by atoms with Crippen LogP contribution >= 0.6 is 11.3 Å². The third kappa shape index (κ3) is 5.07. The molecule has 0 aliphatic carbocycles. The first kappa shape index (κ1) is 21.4. The molecule has 1 aliphatic rings. The molecule has 1 saturated heterocycles. The highest BCUT2D eigenvalue weighted by Gasteiger charge is 2.27. The maximum atomic E-state index is 13.8. The number of piperidine rings is 1. The third-order valence-electron chi connectivity index (χ3n) is 5.22. The second kappa shape index (κ2) is 9.09. The lowest BCUT2D eigenvalue weighted by Gasteiger charge is -2.32. The Morgan fingerprint density at radius 3 is 2.45 bits per heavy atom. The number of ether oxygens (including phenoxy) is 1. The summed E-state index contributed by atoms with van der Waals surface area (Å²) in [6, 6.07) is 9.48. The van der Waals surface area contributed by atoms with Crippen molar-refractivity contribution in [2.75, 3.05) is 13.1 Å². The molecule has 0 radical (unpaired) electrons. The number of likely N-dealkylation sites (tertiary alicyclic amines) is 1. The van der Waals surface area contributed by atoms with Gasteiger partial charge in [-0.1, -0.05) is 12.1 Å². The van der Waals surface area contributed by atoms with Crippen LogP contribution in [0.25, 0.3) is 0 Å². The lowest BCUT2D eigenvalue weighted by atomic mass is 10.1. The van der Waals surface area contributed by atoms with Gasteiger partial charge in [0.05, 0.1) is 10.7 Å². The van der Waals surface area contributed by atoms with Crippen molar-refractivity contribution in [3.05, 3.63) is 81.1 Å². The average Bonchev–Trinajstić information content (AvgIpc) is 3.12. The Morgan fingerprint density at radius 1 is 1.10 bits per heavy atom. The summed E-state index contributed by atoms with van der Waals surface area (Å²) < 4.78 is 45.6. The highest BCUT2D eigenvalue weighted by atomic mass is 32.1. The molecule has 4 nitrogen and oxygen atoms in total. The first-order valence-electron chi connectivity index (χ1n) is 10.0. The van der Waals surface area contributed by atoms with Crippen LogP contribution in [0, 0.1) is 24.4 Å². The van der Waals surface area contributed by atoms with Crippen molar-refractivity contribution in [3.8, 4) is 5.75 Å². The van der Waals surface area contributed by atoms with E-state index in [1.54, 1.807) is 17.0 Å². The van der Waals surface area contributed by atoms with Gasteiger partial charge in [-0.05, 0) is 36.8 Å². The van der Waals surface area contributed by atoms with Gasteiger partial charge in [-0.3, -0.25) is 4.79 Å². The standard InChI is InChI=1S/C23H21F3N2O2S/c1-14-22(31-21(27-14)12-15-2-4-16(24)5-3-15)23(29)28-10-8-18(9-11-28)30-20-7-6-17(25)13-19(20)26/h2-7,13,18H,8-12H2,1H3. The molecule has 1 fully saturated rings. The van der Waals surface area contributed by atoms with E-state index >= 15 is 0 Å². The summed E-state index contributed by atoms with van der Waals surface area (Å²) in [5.74, 6) is -1.72. The van der Waals surface area contributed by atoms with Gasteiger partial charge in [0.1, 0.15) is 22.6 Å². The van der Waals surface area contributed by atoms with Crippen molar-refractivity contribution < 1.29 is 22.7 Å². The minimum Gasteiger partial charge on any atom is -0.487 e. The zero-order valence-corrected chi connectivity index (χ0v) is 17.7. The van der Waals surface area contributed by atoms with Gasteiger partial charge < -0.3 is 9.64 Å². The van der Waals surface area contributed by atoms with E-state index in [2.05, 4.69) is 4.98 Å². The molecule has 0 saturated carbocycles. The number of thiazole rings is 1. The summed E-state index contributed by atoms with van der Waals surface area (Å²) in [4.78, 5) is 19.9. The molecule has 2 heterocycles. The predicted molar refractivity (Wildman–Crippen MR) is 112 cm³/mol. The zero-order valence-electron chi connectivity index (χ0n) is 16.9. The molecular weight excluding hydrogens is 425 g/mol. The number of aromatic nitrogens is 1. The molecule has 162 valence electrons. The molecule has 0 N–H and O–H groups in total. The first-order valence-corrected chi connectivity index (χ1v) is 10.8. The van der Waals surface area contributed by atoms with Gasteiger partial charge in [-0.2, -0.15) is 0 Å². The van der Waals surface area contributed by atoms with Crippen LogP contribution in [0.5, 0.6) is 5.75 Å². The van der Waals surface area contributed by atoms with E-state index in [1.165, 1.54) is 29.5 Å². The molecule has 1 amide bonds. The van der Waals surface area contributed by atoms with Gasteiger partial charge >= 0.3 is 0 Å². The second-order valence-corrected chi connectivity index (χ2v) is 8.59. The quantitative estimate of drug-likeness (QED) is 0.545. The monoisotopic (exact) mass is 446 g/mol. The van der Waals surface area contributed by atoms with Crippen molar-refractivity contribution >= 4 is 17.2 Å². The fourth-order valence-electron chi connectivity index (χ4n) is 3.57. The Morgan fingerprint density at radius 2 is 1.77 bits per heavy atom. The second-order valence-electron chi connectivity index (χ2n) is 7.51. The van der Waals surface area contributed by atoms with Crippen LogP contribution in [0.2, 0.25) is 0 Å². The number of halogens is 3. The van der Waals surface area contributed by atoms with Gasteiger partial charge in [-0.15, -0.1) is 11.3 Å². The SMILES string of the molecule is Cc1nc(Cc2ccc(F)cc2)sc1C(=O)N1CCC(Oc2ccc(F)cc2F)CC1. The fraction of sp³-hybridized carbons (Fsp3) is 0.304. The number of aryl methyl sites for hydroxylation is 1. The van der Waals surface area contributed by atoms with E-state index in [9.17, 15) is 18.0 Å². The van der Waals surface area contributed by atoms with Crippen molar-refractivity contribution in [1.29, 1.82) is 0 Å². The van der Waals surface area contributed by atoms with Gasteiger partial charge in [-0.25, -0.2) is 18.2 Å². The van der Waals surface area contributed by atoms with E-state index in [4.69, 9.17) is 4.74 Å². The summed E-state index contributed by atoms with van der Waals surface area (Å²) in [5, 5.41) is 0.803. The van der Waals surface area contributed by atoms with Gasteiger partial charge in [0.2, 0.25) is 0 Å². The summed E-state index contributed by atoms with van der Waals surface area (Å²) in [6.07, 6.45) is 1.42. The van der Waals surface area contributed by atoms with E-state index in [0.29, 0.717) is 42.9 Å². The summed E-state index contributed by atoms with van der Waals surface area (Å²) in [6.45, 7) is 2.78. The number of rotatable bonds is 5. The molecule has 3 aromatic rings. The Labute approximate surface area is 182 Å². The highest BCUT2D eigenvalue weighted by molar-refractivity contribution is 7.13. The smallest absolute Gasteiger partial charge is 0.265 e. The topological polar surface area (TPSA) is 42.4 Å². The Balaban J connectivity index is 1.36. The van der Waals surface area contributed by atoms with E-state index in [1.807, 2.05) is 6.92 Å². The van der Waals surface area contributed by atoms with Crippen molar-refractivity contribution in [3.63, 3.8) is 0 Å². The highest BCUT2D eigenvalue weighted by Crippen LogP contribution is 2.26. The maximum Gasteiger partial charge on any atom is 0.265 e. The molecule has 31 heavy (non-hydrogen) atoms. The Kier molecular flexibility index (Phi) is 6.27. The van der Waals surface area contributed by atoms with Crippen LogP contribution in [0.3, 0.4) is 0 Å². The van der Waals surface area contributed by atoms with Gasteiger partial charge in [0.15, 0.2) is 11.6 Å². The Bertz CT molecular complexity index is 1080. The van der Waals surface area contributed by atoms with Crippen LogP contribution < -0.4 is 4.74 Å². The molecule has 1 aromatic heterocycles. The lowest BCUT2D eigenvalue weighted by Crippen LogP contribution is -2.41. The average molecular weight is 446 g/mol. The van der Waals surface area contributed by atoms with Crippen LogP contribution in [-0.2, 0) is 6.42 Å². The van der Waals surface area contributed by atoms with Gasteiger partial charge in [0, 0.05) is 38.4 Å². The lowest BCUT2D eigenvalue weighted by molar-refractivity contribution is 0.0591. The number of hydrogen-bond acceptors (Lipinski definition) is 4. The summed E-state index contributed by atoms with van der Waals surface area (Å²) >= 11 is 1.35. The largest absolute Gasteiger partial charge is 0.487 e. The van der Waals surface area contributed by atoms with Gasteiger partial charge in [0.25, 0.3) is 5.91 Å². The predicted octanol–water partition coefficient (Wildman–Crippen LogP) is 5.14. The minimum atomic E-state index is -0.729. The number of amides is 1. The summed E-state index contributed by atoms with van der Waals surface area (Å²) in [7, 11) is 0. The number of carbonyl (C=O) groups is 1. The Hall–Kier alpha value is -2.87. The third-order valence-corrected chi connectivity index (χ3v) is 6.37. The van der Waals surface area contributed by atoms with E-state index < -0.39 is 11.6 Å². The molecule has 2 aromatic carbocycles. The van der Waals surface area contributed by atoms with Crippen molar-refractivity contribution in [1.82, 2.24) is 9.88 Å². The maximum absolute atomic E-state index is 13.8. The normalized spacial score (nSPS) is 14.6. The summed E-state index contributed by atoms with van der Waals surface area (Å²) in [5.41, 5.74) is 1.61. The molecular formula is C23H21F3N2O2S. The number of hydrogen-bond donors (Lipinski definition) is 0. The molecule has 8 heteroatoms. The molecule has 0 unspecified atom stereocenters. The van der Waals surface area contributed by atoms with Crippen molar-refractivity contribution in [2.45, 2.75) is 32.3 Å². The van der Waals surface area contributed by atoms with Crippen LogP contribution in [0.4, 0.5) is 13.2 Å². The van der Waals surface area contributed by atoms with Crippen molar-refractivity contribution in [2.24, 2.45) is 0 Å². The van der Waals surface area contributed by atoms with Crippen LogP contribution in [0.15, 0.2) is 42.5 Å². The molecule has 0 spiro atoms. The van der Waals surface area contributed by atoms with E-state index in [-0.39, 0.29) is 23.6 Å². The van der Waals surface area contributed by atoms with Crippen LogP contribution in [0.1, 0.15) is 38.8 Å². The number of nitrogens with zero attached hydrogens (tertiary/aromatic N) is 2. The molecule has 4 rings (SSSR count). The van der Waals surface area contributed by atoms with E-state index in [0.717, 1.165) is 22.7 Å². The number of benzene rings is 2. The van der Waals surface area contributed by atoms with Crippen LogP contribution in [-0.4, -0.2) is 35.0 Å². The minimum absolute atomic E-state index is 0.0231. The first-order chi connectivity index (χ1) is 14.9. The zero-order chi connectivity index (χ0) is 22.0. The molecule has 1 aliphatic heterocycles. The number of carbonyl (C=O) groups excluding carboxylic acids is 1.